The molecule has 2 saturated heterocycles. The summed E-state index contributed by atoms with van der Waals surface area (Å²) in [6, 6.07) is 4.82. The van der Waals surface area contributed by atoms with E-state index >= 15 is 0 Å². The van der Waals surface area contributed by atoms with Crippen LogP contribution in [0.4, 0.5) is 20.6 Å². The number of oxazole rings is 1. The molecule has 1 aromatic carbocycles. The normalized spacial score (nSPS) is 18.8. The van der Waals surface area contributed by atoms with E-state index in [2.05, 4.69) is 10.3 Å². The second kappa shape index (κ2) is 9.15. The van der Waals surface area contributed by atoms with Gasteiger partial charge in [-0.25, -0.2) is 14.2 Å². The highest BCUT2D eigenvalue weighted by atomic mass is 32.1. The molecule has 0 spiro atoms. The zero-order valence-corrected chi connectivity index (χ0v) is 18.5. The van der Waals surface area contributed by atoms with E-state index in [1.54, 1.807) is 25.3 Å². The summed E-state index contributed by atoms with van der Waals surface area (Å²) in [5, 5.41) is 2.99. The summed E-state index contributed by atoms with van der Waals surface area (Å²) in [7, 11) is 0. The topological polar surface area (TPSA) is 74.1 Å². The Balaban J connectivity index is 1.38. The molecule has 2 aliphatic rings. The lowest BCUT2D eigenvalue weighted by Crippen LogP contribution is -2.48. The van der Waals surface area contributed by atoms with Crippen molar-refractivity contribution in [3.63, 3.8) is 0 Å². The van der Waals surface area contributed by atoms with Crippen molar-refractivity contribution in [3.05, 3.63) is 42.4 Å². The van der Waals surface area contributed by atoms with Crippen molar-refractivity contribution in [1.82, 2.24) is 15.2 Å². The van der Waals surface area contributed by atoms with Gasteiger partial charge in [0.05, 0.1) is 35.6 Å². The van der Waals surface area contributed by atoms with Crippen molar-refractivity contribution in [3.8, 4) is 0 Å². The molecule has 0 radical (unpaired) electrons. The zero-order valence-electron chi connectivity index (χ0n) is 16.9. The first-order valence-corrected chi connectivity index (χ1v) is 10.7. The number of hydrogen-bond donors (Lipinski definition) is 1. The van der Waals surface area contributed by atoms with Gasteiger partial charge in [-0.15, -0.1) is 0 Å². The van der Waals surface area contributed by atoms with Crippen molar-refractivity contribution in [1.29, 1.82) is 0 Å². The molecule has 2 fully saturated rings. The number of carbonyl (C=O) groups is 1. The molecule has 0 bridgehead atoms. The van der Waals surface area contributed by atoms with E-state index in [4.69, 9.17) is 33.6 Å². The summed E-state index contributed by atoms with van der Waals surface area (Å²) in [5.41, 5.74) is 0.962. The summed E-state index contributed by atoms with van der Waals surface area (Å²) in [4.78, 5) is 22.9. The van der Waals surface area contributed by atoms with Crippen LogP contribution < -0.4 is 15.1 Å². The molecule has 1 atom stereocenters. The Morgan fingerprint density at radius 2 is 2.06 bits per heavy atom. The third-order valence-electron chi connectivity index (χ3n) is 5.22. The molecular formula is C20H22FN5O3S2. The molecule has 8 nitrogen and oxygen atoms in total. The highest BCUT2D eigenvalue weighted by molar-refractivity contribution is 7.80. The number of amides is 1. The predicted molar refractivity (Wildman–Crippen MR) is 122 cm³/mol. The van der Waals surface area contributed by atoms with Crippen LogP contribution in [0.15, 0.2) is 35.1 Å². The fraction of sp³-hybridized carbons (Fsp3) is 0.400. The number of halogens is 1. The third kappa shape index (κ3) is 4.77. The van der Waals surface area contributed by atoms with Crippen molar-refractivity contribution in [2.24, 2.45) is 0 Å². The molecule has 2 aliphatic heterocycles. The quantitative estimate of drug-likeness (QED) is 0.674. The number of aromatic nitrogens is 1. The zero-order chi connectivity index (χ0) is 22.0. The summed E-state index contributed by atoms with van der Waals surface area (Å²) in [6.07, 6.45) is 2.22. The lowest BCUT2D eigenvalue weighted by Gasteiger charge is -2.37. The van der Waals surface area contributed by atoms with Crippen LogP contribution in [0.1, 0.15) is 12.8 Å². The molecule has 1 N–H and O–H groups in total. The predicted octanol–water partition coefficient (Wildman–Crippen LogP) is 2.57. The fourth-order valence-corrected chi connectivity index (χ4v) is 4.00. The highest BCUT2D eigenvalue weighted by Gasteiger charge is 2.33. The van der Waals surface area contributed by atoms with Crippen molar-refractivity contribution in [2.45, 2.75) is 13.0 Å². The van der Waals surface area contributed by atoms with Crippen molar-refractivity contribution in [2.75, 3.05) is 49.1 Å². The van der Waals surface area contributed by atoms with E-state index in [1.165, 1.54) is 17.2 Å². The number of ether oxygens (including phenoxy) is 1. The van der Waals surface area contributed by atoms with Crippen LogP contribution >= 0.6 is 24.4 Å². The molecule has 164 valence electrons. The molecule has 4 rings (SSSR count). The molecule has 31 heavy (non-hydrogen) atoms. The standard InChI is InChI=1S/C20H22FN5O3S2/c1-13(30)23-11-15-12-26(20(27)29-15)14-2-3-17(16(21)10-14)24-5-7-25(8-6-24)19(31)18-22-4-9-28-18/h2-4,9-10,15H,5-8,11-12H2,1H3,(H,23,30)/t15-/m0/s1. The lowest BCUT2D eigenvalue weighted by molar-refractivity contribution is 0.143. The minimum absolute atomic E-state index is 0.337. The number of cyclic esters (lactones) is 1. The molecule has 0 saturated carbocycles. The fourth-order valence-electron chi connectivity index (χ4n) is 3.63. The van der Waals surface area contributed by atoms with Gasteiger partial charge in [-0.05, 0) is 25.1 Å². The Labute approximate surface area is 189 Å². The monoisotopic (exact) mass is 463 g/mol. The molecule has 11 heteroatoms. The average Bonchev–Trinajstić information content (AvgIpc) is 3.42. The molecule has 1 aromatic heterocycles. The number of benzene rings is 1. The van der Waals surface area contributed by atoms with Crippen LogP contribution in [0.2, 0.25) is 0 Å². The smallest absolute Gasteiger partial charge is 0.414 e. The number of piperazine rings is 1. The maximum Gasteiger partial charge on any atom is 0.414 e. The van der Waals surface area contributed by atoms with Gasteiger partial charge in [0, 0.05) is 26.2 Å². The summed E-state index contributed by atoms with van der Waals surface area (Å²) in [6.45, 7) is 5.01. The number of nitrogens with zero attached hydrogens (tertiary/aromatic N) is 4. The molecular weight excluding hydrogens is 441 g/mol. The first kappa shape index (κ1) is 21.4. The first-order valence-electron chi connectivity index (χ1n) is 9.88. The maximum atomic E-state index is 14.9. The Morgan fingerprint density at radius 1 is 1.29 bits per heavy atom. The van der Waals surface area contributed by atoms with E-state index in [-0.39, 0.29) is 11.9 Å². The molecule has 0 aliphatic carbocycles. The Bertz CT molecular complexity index is 979. The van der Waals surface area contributed by atoms with Gasteiger partial charge in [0.25, 0.3) is 5.89 Å². The minimum Gasteiger partial charge on any atom is -0.443 e. The van der Waals surface area contributed by atoms with Gasteiger partial charge in [0.15, 0.2) is 4.99 Å². The van der Waals surface area contributed by atoms with E-state index in [9.17, 15) is 9.18 Å². The molecule has 3 heterocycles. The van der Waals surface area contributed by atoms with Gasteiger partial charge in [0.2, 0.25) is 0 Å². The van der Waals surface area contributed by atoms with E-state index < -0.39 is 6.09 Å². The minimum atomic E-state index is -0.491. The van der Waals surface area contributed by atoms with E-state index in [0.29, 0.717) is 66.5 Å². The lowest BCUT2D eigenvalue weighted by atomic mass is 10.2. The van der Waals surface area contributed by atoms with Crippen molar-refractivity contribution < 1.29 is 18.3 Å². The van der Waals surface area contributed by atoms with Crippen LogP contribution in [-0.4, -0.2) is 71.3 Å². The summed E-state index contributed by atoms with van der Waals surface area (Å²) in [5.74, 6) is 0.0380. The maximum absolute atomic E-state index is 14.9. The Hall–Kier alpha value is -2.79. The average molecular weight is 464 g/mol. The van der Waals surface area contributed by atoms with Crippen LogP contribution in [0.5, 0.6) is 0 Å². The Morgan fingerprint density at radius 3 is 2.71 bits per heavy atom. The third-order valence-corrected chi connectivity index (χ3v) is 5.80. The highest BCUT2D eigenvalue weighted by Crippen LogP contribution is 2.28. The first-order chi connectivity index (χ1) is 14.9. The van der Waals surface area contributed by atoms with Crippen LogP contribution in [-0.2, 0) is 4.74 Å². The second-order valence-corrected chi connectivity index (χ2v) is 8.30. The number of thiocarbonyl (C=S) groups is 2. The summed E-state index contributed by atoms with van der Waals surface area (Å²) < 4.78 is 25.5. The second-order valence-electron chi connectivity index (χ2n) is 7.31. The van der Waals surface area contributed by atoms with Gasteiger partial charge in [-0.1, -0.05) is 24.4 Å². The van der Waals surface area contributed by atoms with E-state index in [1.807, 2.05) is 9.80 Å². The number of rotatable bonds is 5. The number of anilines is 2. The number of carbonyl (C=O) groups excluding carboxylic acids is 1. The summed E-state index contributed by atoms with van der Waals surface area (Å²) >= 11 is 10.4. The SMILES string of the molecule is CC(=S)NC[C@H]1CN(c2ccc(N3CCN(C(=S)c4ncco4)CC3)c(F)c2)C(=O)O1. The number of nitrogens with one attached hydrogen (secondary N) is 1. The van der Waals surface area contributed by atoms with Crippen LogP contribution in [0, 0.1) is 5.82 Å². The van der Waals surface area contributed by atoms with Crippen LogP contribution in [0.3, 0.4) is 0 Å². The van der Waals surface area contributed by atoms with Gasteiger partial charge in [-0.2, -0.15) is 0 Å². The largest absolute Gasteiger partial charge is 0.443 e. The van der Waals surface area contributed by atoms with Crippen LogP contribution in [0.25, 0.3) is 0 Å². The van der Waals surface area contributed by atoms with Crippen molar-refractivity contribution >= 4 is 51.9 Å². The molecule has 0 unspecified atom stereocenters. The number of hydrogen-bond acceptors (Lipinski definition) is 7. The molecule has 2 aromatic rings. The van der Waals surface area contributed by atoms with E-state index in [0.717, 1.165) is 0 Å². The van der Waals surface area contributed by atoms with Gasteiger partial charge in [-0.3, -0.25) is 4.90 Å². The van der Waals surface area contributed by atoms with Gasteiger partial charge < -0.3 is 24.3 Å². The molecule has 1 amide bonds. The van der Waals surface area contributed by atoms with Gasteiger partial charge in [0.1, 0.15) is 18.2 Å². The van der Waals surface area contributed by atoms with Gasteiger partial charge >= 0.3 is 6.09 Å². The Kier molecular flexibility index (Phi) is 6.33.